The van der Waals surface area contributed by atoms with Crippen LogP contribution in [0.15, 0.2) is 35.0 Å². The normalized spacial score (nSPS) is 15.9. The summed E-state index contributed by atoms with van der Waals surface area (Å²) in [4.78, 5) is 12.3. The molecule has 0 bridgehead atoms. The molecule has 0 radical (unpaired) electrons. The van der Waals surface area contributed by atoms with Gasteiger partial charge in [-0.15, -0.1) is 5.10 Å². The lowest BCUT2D eigenvalue weighted by Gasteiger charge is -2.29. The number of imidazole rings is 1. The van der Waals surface area contributed by atoms with Crippen molar-refractivity contribution in [3.05, 3.63) is 53.4 Å². The van der Waals surface area contributed by atoms with Gasteiger partial charge in [0.25, 0.3) is 0 Å². The number of ether oxygens (including phenoxy) is 1. The van der Waals surface area contributed by atoms with Gasteiger partial charge in [-0.2, -0.15) is 4.98 Å². The molecule has 180 valence electrons. The predicted molar refractivity (Wildman–Crippen MR) is 127 cm³/mol. The van der Waals surface area contributed by atoms with Crippen LogP contribution in [0.5, 0.6) is 5.75 Å². The highest BCUT2D eigenvalue weighted by molar-refractivity contribution is 7.78. The van der Waals surface area contributed by atoms with E-state index < -0.39 is 11.1 Å². The highest BCUT2D eigenvalue weighted by Crippen LogP contribution is 2.32. The Hall–Kier alpha value is -2.83. The predicted octanol–water partition coefficient (Wildman–Crippen LogP) is 3.64. The molecule has 1 saturated heterocycles. The number of hydrogen-bond donors (Lipinski definition) is 0. The highest BCUT2D eigenvalue weighted by Gasteiger charge is 2.27. The number of anilines is 1. The molecule has 0 amide bonds. The van der Waals surface area contributed by atoms with E-state index in [-0.39, 0.29) is 11.7 Å². The Labute approximate surface area is 203 Å². The lowest BCUT2D eigenvalue weighted by molar-refractivity contribution is 0.302. The highest BCUT2D eigenvalue weighted by atomic mass is 32.2. The van der Waals surface area contributed by atoms with Gasteiger partial charge >= 0.3 is 0 Å². The Bertz CT molecular complexity index is 1240. The third-order valence-corrected chi connectivity index (χ3v) is 7.32. The van der Waals surface area contributed by atoms with Crippen molar-refractivity contribution in [1.82, 2.24) is 24.7 Å². The van der Waals surface area contributed by atoms with E-state index >= 15 is 0 Å². The first kappa shape index (κ1) is 22.9. The van der Waals surface area contributed by atoms with Crippen LogP contribution in [0.2, 0.25) is 0 Å². The second-order valence-electron chi connectivity index (χ2n) is 8.63. The van der Waals surface area contributed by atoms with E-state index in [2.05, 4.69) is 33.9 Å². The summed E-state index contributed by atoms with van der Waals surface area (Å²) in [5, 5.41) is 9.75. The number of benzene rings is 1. The molecule has 4 heterocycles. The molecule has 0 N–H and O–H groups in total. The van der Waals surface area contributed by atoms with Crippen LogP contribution < -0.4 is 9.64 Å². The van der Waals surface area contributed by atoms with Crippen molar-refractivity contribution in [1.29, 1.82) is 0 Å². The number of hydrogen-bond acceptors (Lipinski definition) is 10. The van der Waals surface area contributed by atoms with E-state index in [4.69, 9.17) is 14.4 Å². The van der Waals surface area contributed by atoms with Gasteiger partial charge in [0.15, 0.2) is 5.82 Å². The summed E-state index contributed by atoms with van der Waals surface area (Å²) in [7, 11) is 0. The lowest BCUT2D eigenvalue weighted by Crippen LogP contribution is -2.33. The molecule has 1 aliphatic rings. The van der Waals surface area contributed by atoms with Crippen LogP contribution in [0, 0.1) is 0 Å². The monoisotopic (exact) mass is 501 g/mol. The maximum absolute atomic E-state index is 10.8. The quantitative estimate of drug-likeness (QED) is 0.333. The molecule has 0 aliphatic carbocycles. The Kier molecular flexibility index (Phi) is 6.61. The van der Waals surface area contributed by atoms with E-state index in [1.807, 2.05) is 6.20 Å². The minimum absolute atomic E-state index is 0.000703. The Morgan fingerprint density at radius 1 is 1.24 bits per heavy atom. The fraction of sp³-hybridized carbons (Fsp3) is 0.455. The van der Waals surface area contributed by atoms with Gasteiger partial charge in [-0.1, -0.05) is 53.6 Å². The maximum atomic E-state index is 10.8. The van der Waals surface area contributed by atoms with Crippen molar-refractivity contribution in [2.45, 2.75) is 50.9 Å². The van der Waals surface area contributed by atoms with Crippen molar-refractivity contribution >= 4 is 32.5 Å². The number of aromatic nitrogens is 5. The third-order valence-electron chi connectivity index (χ3n) is 5.77. The average Bonchev–Trinajstić information content (AvgIpc) is 3.54. The SMILES string of the molecule is CC(C)c1noc(C2CCN(c3nn4cc(COc5ccc(CS(=O)[O-])cc5)nc4s3)CC2)n1. The Morgan fingerprint density at radius 3 is 2.65 bits per heavy atom. The molecule has 4 aromatic rings. The van der Waals surface area contributed by atoms with Crippen LogP contribution in [0.4, 0.5) is 5.13 Å². The van der Waals surface area contributed by atoms with Crippen molar-refractivity contribution in [3.63, 3.8) is 0 Å². The largest absolute Gasteiger partial charge is 0.772 e. The number of rotatable bonds is 8. The van der Waals surface area contributed by atoms with Crippen LogP contribution in [0.25, 0.3) is 4.96 Å². The van der Waals surface area contributed by atoms with E-state index in [9.17, 15) is 8.76 Å². The first-order valence-electron chi connectivity index (χ1n) is 11.2. The van der Waals surface area contributed by atoms with Crippen LogP contribution in [-0.2, 0) is 23.4 Å². The summed E-state index contributed by atoms with van der Waals surface area (Å²) in [5.41, 5.74) is 1.51. The van der Waals surface area contributed by atoms with Crippen LogP contribution in [0.3, 0.4) is 0 Å². The summed E-state index contributed by atoms with van der Waals surface area (Å²) in [6.07, 6.45) is 3.78. The standard InChI is InChI=1S/C22H26N6O4S2/c1-14(2)19-24-20(32-26-19)16-7-9-27(10-8-16)22-25-28-11-17(23-21(28)33-22)12-31-18-5-3-15(4-6-18)13-34(29)30/h3-6,11,14,16H,7-10,12-13H2,1-2H3,(H,29,30)/p-1. The summed E-state index contributed by atoms with van der Waals surface area (Å²) in [6.45, 7) is 6.20. The van der Waals surface area contributed by atoms with Gasteiger partial charge in [-0.3, -0.25) is 4.21 Å². The van der Waals surface area contributed by atoms with Gasteiger partial charge in [0.2, 0.25) is 16.0 Å². The van der Waals surface area contributed by atoms with E-state index in [0.717, 1.165) is 59.0 Å². The second-order valence-corrected chi connectivity index (χ2v) is 10.5. The zero-order chi connectivity index (χ0) is 23.7. The fourth-order valence-electron chi connectivity index (χ4n) is 3.87. The zero-order valence-electron chi connectivity index (χ0n) is 18.9. The molecule has 1 atom stereocenters. The first-order chi connectivity index (χ1) is 16.4. The van der Waals surface area contributed by atoms with E-state index in [0.29, 0.717) is 18.3 Å². The first-order valence-corrected chi connectivity index (χ1v) is 13.2. The Morgan fingerprint density at radius 2 is 2.00 bits per heavy atom. The van der Waals surface area contributed by atoms with E-state index in [1.54, 1.807) is 40.1 Å². The smallest absolute Gasteiger partial charge is 0.229 e. The average molecular weight is 502 g/mol. The second kappa shape index (κ2) is 9.80. The molecule has 1 aliphatic heterocycles. The van der Waals surface area contributed by atoms with Crippen molar-refractivity contribution in [2.75, 3.05) is 18.0 Å². The molecule has 5 rings (SSSR count). The molecule has 0 saturated carbocycles. The van der Waals surface area contributed by atoms with Gasteiger partial charge in [-0.05, 0) is 30.5 Å². The molecule has 12 heteroatoms. The Balaban J connectivity index is 1.16. The van der Waals surface area contributed by atoms with Crippen LogP contribution in [-0.4, -0.2) is 46.6 Å². The summed E-state index contributed by atoms with van der Waals surface area (Å²) in [6, 6.07) is 7.02. The summed E-state index contributed by atoms with van der Waals surface area (Å²) < 4.78 is 34.6. The van der Waals surface area contributed by atoms with Gasteiger partial charge in [0.05, 0.1) is 11.9 Å². The molecule has 3 aromatic heterocycles. The number of piperidine rings is 1. The van der Waals surface area contributed by atoms with Gasteiger partial charge in [0.1, 0.15) is 12.4 Å². The summed E-state index contributed by atoms with van der Waals surface area (Å²) in [5.74, 6) is 2.74. The molecule has 10 nitrogen and oxygen atoms in total. The van der Waals surface area contributed by atoms with E-state index in [1.165, 1.54) is 0 Å². The third kappa shape index (κ3) is 5.13. The maximum Gasteiger partial charge on any atom is 0.229 e. The molecule has 34 heavy (non-hydrogen) atoms. The van der Waals surface area contributed by atoms with Crippen LogP contribution >= 0.6 is 11.3 Å². The molecular formula is C22H25N6O4S2-. The number of nitrogens with zero attached hydrogens (tertiary/aromatic N) is 6. The lowest BCUT2D eigenvalue weighted by atomic mass is 9.97. The van der Waals surface area contributed by atoms with Gasteiger partial charge in [-0.25, -0.2) is 9.50 Å². The molecule has 1 fully saturated rings. The molecule has 1 unspecified atom stereocenters. The van der Waals surface area contributed by atoms with Crippen molar-refractivity contribution in [3.8, 4) is 5.75 Å². The molecular weight excluding hydrogens is 476 g/mol. The zero-order valence-corrected chi connectivity index (χ0v) is 20.5. The topological polar surface area (TPSA) is 122 Å². The summed E-state index contributed by atoms with van der Waals surface area (Å²) >= 11 is -0.539. The number of fused-ring (bicyclic) bond motifs is 1. The minimum Gasteiger partial charge on any atom is -0.772 e. The van der Waals surface area contributed by atoms with Crippen molar-refractivity contribution < 1.29 is 18.0 Å². The van der Waals surface area contributed by atoms with Gasteiger partial charge < -0.3 is 18.7 Å². The molecule has 0 spiro atoms. The fourth-order valence-corrected chi connectivity index (χ4v) is 5.29. The minimum atomic E-state index is -2.10. The van der Waals surface area contributed by atoms with Gasteiger partial charge in [0, 0.05) is 30.7 Å². The van der Waals surface area contributed by atoms with Crippen molar-refractivity contribution in [2.24, 2.45) is 0 Å². The van der Waals surface area contributed by atoms with Crippen LogP contribution in [0.1, 0.15) is 61.5 Å². The molecule has 1 aromatic carbocycles.